The minimum Gasteiger partial charge on any atom is -0.497 e. The van der Waals surface area contributed by atoms with Crippen molar-refractivity contribution in [3.05, 3.63) is 24.3 Å². The smallest absolute Gasteiger partial charge is 0.225 e. The highest BCUT2D eigenvalue weighted by Crippen LogP contribution is 2.26. The quantitative estimate of drug-likeness (QED) is 0.528. The molecule has 7 heteroatoms. The van der Waals surface area contributed by atoms with Crippen LogP contribution in [0.15, 0.2) is 29.3 Å². The maximum atomic E-state index is 12.8. The van der Waals surface area contributed by atoms with Crippen LogP contribution in [-0.2, 0) is 4.79 Å². The number of nitrogens with zero attached hydrogens (tertiary/aromatic N) is 2. The molecule has 1 heterocycles. The van der Waals surface area contributed by atoms with E-state index in [0.29, 0.717) is 12.5 Å². The molecular formula is C23H36N4O3. The molecule has 0 aromatic heterocycles. The molecular weight excluding hydrogens is 380 g/mol. The fourth-order valence-electron chi connectivity index (χ4n) is 4.24. The number of likely N-dealkylation sites (tertiary alicyclic amines) is 1. The molecule has 30 heavy (non-hydrogen) atoms. The Bertz CT molecular complexity index is 701. The first-order valence-corrected chi connectivity index (χ1v) is 11.2. The molecule has 166 valence electrons. The van der Waals surface area contributed by atoms with E-state index >= 15 is 0 Å². The standard InChI is InChI=1S/C23H36N4O3/c1-17(30-21-11-9-20(29-3)10-12-21)15-25-23(24-2)26-19-13-14-27(16-19)22(28)18-7-5-4-6-8-18/h9-12,17-19H,4-8,13-16H2,1-3H3,(H2,24,25,26). The number of ether oxygens (including phenoxy) is 2. The first-order valence-electron chi connectivity index (χ1n) is 11.2. The zero-order chi connectivity index (χ0) is 21.3. The highest BCUT2D eigenvalue weighted by molar-refractivity contribution is 5.81. The third-order valence-corrected chi connectivity index (χ3v) is 5.97. The van der Waals surface area contributed by atoms with Crippen LogP contribution < -0.4 is 20.1 Å². The number of hydrogen-bond donors (Lipinski definition) is 2. The van der Waals surface area contributed by atoms with E-state index in [4.69, 9.17) is 9.47 Å². The Kier molecular flexibility index (Phi) is 8.22. The SMILES string of the molecule is CN=C(NCC(C)Oc1ccc(OC)cc1)NC1CCN(C(=O)C2CCCCC2)C1. The summed E-state index contributed by atoms with van der Waals surface area (Å²) in [4.78, 5) is 19.1. The number of hydrogen-bond acceptors (Lipinski definition) is 4. The normalized spacial score (nSPS) is 21.2. The van der Waals surface area contributed by atoms with Crippen molar-refractivity contribution >= 4 is 11.9 Å². The zero-order valence-electron chi connectivity index (χ0n) is 18.5. The van der Waals surface area contributed by atoms with E-state index in [2.05, 4.69) is 15.6 Å². The van der Waals surface area contributed by atoms with Crippen LogP contribution in [0.25, 0.3) is 0 Å². The third kappa shape index (κ3) is 6.28. The van der Waals surface area contributed by atoms with Crippen molar-refractivity contribution in [2.45, 2.75) is 57.6 Å². The van der Waals surface area contributed by atoms with Gasteiger partial charge >= 0.3 is 0 Å². The summed E-state index contributed by atoms with van der Waals surface area (Å²) in [6.07, 6.45) is 6.71. The second-order valence-electron chi connectivity index (χ2n) is 8.31. The predicted molar refractivity (Wildman–Crippen MR) is 119 cm³/mol. The van der Waals surface area contributed by atoms with E-state index in [1.165, 1.54) is 19.3 Å². The zero-order valence-corrected chi connectivity index (χ0v) is 18.5. The van der Waals surface area contributed by atoms with Crippen molar-refractivity contribution in [3.63, 3.8) is 0 Å². The predicted octanol–water partition coefficient (Wildman–Crippen LogP) is 2.81. The molecule has 2 unspecified atom stereocenters. The van der Waals surface area contributed by atoms with Gasteiger partial charge in [0.1, 0.15) is 17.6 Å². The average Bonchev–Trinajstić information content (AvgIpc) is 3.25. The molecule has 1 saturated carbocycles. The molecule has 2 fully saturated rings. The van der Waals surface area contributed by atoms with Crippen LogP contribution in [0, 0.1) is 5.92 Å². The third-order valence-electron chi connectivity index (χ3n) is 5.97. The van der Waals surface area contributed by atoms with Crippen molar-refractivity contribution < 1.29 is 14.3 Å². The van der Waals surface area contributed by atoms with E-state index in [1.54, 1.807) is 14.2 Å². The van der Waals surface area contributed by atoms with E-state index in [-0.39, 0.29) is 18.1 Å². The van der Waals surface area contributed by atoms with Crippen LogP contribution >= 0.6 is 0 Å². The minimum atomic E-state index is -0.0232. The number of aliphatic imine (C=N–C) groups is 1. The first kappa shape index (κ1) is 22.2. The number of rotatable bonds is 7. The van der Waals surface area contributed by atoms with Gasteiger partial charge in [0.15, 0.2) is 5.96 Å². The van der Waals surface area contributed by atoms with Crippen molar-refractivity contribution in [2.75, 3.05) is 33.8 Å². The Hall–Kier alpha value is -2.44. The molecule has 3 rings (SSSR count). The lowest BCUT2D eigenvalue weighted by Crippen LogP contribution is -2.47. The number of nitrogens with one attached hydrogen (secondary N) is 2. The fourth-order valence-corrected chi connectivity index (χ4v) is 4.24. The second-order valence-corrected chi connectivity index (χ2v) is 8.31. The number of amides is 1. The van der Waals surface area contributed by atoms with Gasteiger partial charge in [0.25, 0.3) is 0 Å². The molecule has 1 aromatic rings. The number of carbonyl (C=O) groups excluding carboxylic acids is 1. The average molecular weight is 417 g/mol. The first-order chi connectivity index (χ1) is 14.6. The summed E-state index contributed by atoms with van der Waals surface area (Å²) in [5, 5.41) is 6.79. The largest absolute Gasteiger partial charge is 0.497 e. The van der Waals surface area contributed by atoms with Crippen LogP contribution in [0.4, 0.5) is 0 Å². The maximum Gasteiger partial charge on any atom is 0.225 e. The van der Waals surface area contributed by atoms with Crippen LogP contribution in [0.1, 0.15) is 45.4 Å². The van der Waals surface area contributed by atoms with Crippen LogP contribution in [0.3, 0.4) is 0 Å². The van der Waals surface area contributed by atoms with Gasteiger partial charge in [0, 0.05) is 32.1 Å². The second kappa shape index (κ2) is 11.1. The molecule has 1 aromatic carbocycles. The van der Waals surface area contributed by atoms with Gasteiger partial charge in [0.05, 0.1) is 13.7 Å². The van der Waals surface area contributed by atoms with Crippen LogP contribution in [-0.4, -0.2) is 62.7 Å². The fraction of sp³-hybridized carbons (Fsp3) is 0.652. The van der Waals surface area contributed by atoms with Crippen LogP contribution in [0.5, 0.6) is 11.5 Å². The number of benzene rings is 1. The molecule has 1 saturated heterocycles. The van der Waals surface area contributed by atoms with E-state index in [1.807, 2.05) is 36.1 Å². The lowest BCUT2D eigenvalue weighted by Gasteiger charge is -2.26. The summed E-state index contributed by atoms with van der Waals surface area (Å²) < 4.78 is 11.1. The molecule has 2 aliphatic rings. The highest BCUT2D eigenvalue weighted by atomic mass is 16.5. The van der Waals surface area contributed by atoms with Gasteiger partial charge in [-0.05, 0) is 50.5 Å². The van der Waals surface area contributed by atoms with E-state index in [9.17, 15) is 4.79 Å². The molecule has 7 nitrogen and oxygen atoms in total. The summed E-state index contributed by atoms with van der Waals surface area (Å²) >= 11 is 0. The molecule has 1 aliphatic carbocycles. The molecule has 2 N–H and O–H groups in total. The lowest BCUT2D eigenvalue weighted by molar-refractivity contribution is -0.135. The molecule has 1 aliphatic heterocycles. The maximum absolute atomic E-state index is 12.8. The van der Waals surface area contributed by atoms with Crippen molar-refractivity contribution in [1.82, 2.24) is 15.5 Å². The van der Waals surface area contributed by atoms with E-state index < -0.39 is 0 Å². The molecule has 0 spiro atoms. The molecule has 0 radical (unpaired) electrons. The summed E-state index contributed by atoms with van der Waals surface area (Å²) in [5.74, 6) is 2.96. The summed E-state index contributed by atoms with van der Waals surface area (Å²) in [6.45, 7) is 4.24. The van der Waals surface area contributed by atoms with E-state index in [0.717, 1.165) is 49.8 Å². The van der Waals surface area contributed by atoms with Gasteiger partial charge in [-0.1, -0.05) is 19.3 Å². The Balaban J connectivity index is 1.40. The van der Waals surface area contributed by atoms with Gasteiger partial charge in [0.2, 0.25) is 5.91 Å². The number of carbonyl (C=O) groups is 1. The molecule has 1 amide bonds. The van der Waals surface area contributed by atoms with Crippen molar-refractivity contribution in [2.24, 2.45) is 10.9 Å². The van der Waals surface area contributed by atoms with Crippen molar-refractivity contribution in [1.29, 1.82) is 0 Å². The monoisotopic (exact) mass is 416 g/mol. The highest BCUT2D eigenvalue weighted by Gasteiger charge is 2.31. The Morgan fingerprint density at radius 2 is 1.87 bits per heavy atom. The minimum absolute atomic E-state index is 0.0232. The van der Waals surface area contributed by atoms with Crippen molar-refractivity contribution in [3.8, 4) is 11.5 Å². The number of guanidine groups is 1. The van der Waals surface area contributed by atoms with Gasteiger partial charge in [-0.2, -0.15) is 0 Å². The van der Waals surface area contributed by atoms with Gasteiger partial charge < -0.3 is 25.0 Å². The summed E-state index contributed by atoms with van der Waals surface area (Å²) in [7, 11) is 3.42. The number of methoxy groups -OCH3 is 1. The van der Waals surface area contributed by atoms with Gasteiger partial charge in [-0.3, -0.25) is 9.79 Å². The summed E-state index contributed by atoms with van der Waals surface area (Å²) in [6, 6.07) is 7.81. The topological polar surface area (TPSA) is 75.2 Å². The Morgan fingerprint density at radius 3 is 2.53 bits per heavy atom. The Morgan fingerprint density at radius 1 is 1.17 bits per heavy atom. The lowest BCUT2D eigenvalue weighted by atomic mass is 9.88. The molecule has 0 bridgehead atoms. The molecule has 2 atom stereocenters. The Labute approximate surface area is 180 Å². The summed E-state index contributed by atoms with van der Waals surface area (Å²) in [5.41, 5.74) is 0. The van der Waals surface area contributed by atoms with Gasteiger partial charge in [-0.15, -0.1) is 0 Å². The van der Waals surface area contributed by atoms with Crippen LogP contribution in [0.2, 0.25) is 0 Å². The van der Waals surface area contributed by atoms with Gasteiger partial charge in [-0.25, -0.2) is 0 Å².